The molecule has 4 bridgehead atoms. The average molecular weight is 425 g/mol. The lowest BCUT2D eigenvalue weighted by Crippen LogP contribution is -2.50. The van der Waals surface area contributed by atoms with Crippen molar-refractivity contribution in [3.63, 3.8) is 0 Å². The van der Waals surface area contributed by atoms with Crippen LogP contribution in [0.4, 0.5) is 13.2 Å². The molecule has 2 atom stereocenters. The number of alkyl halides is 3. The molecule has 2 heterocycles. The van der Waals surface area contributed by atoms with Crippen molar-refractivity contribution in [1.82, 2.24) is 14.8 Å². The number of hydrogen-bond acceptors (Lipinski definition) is 4. The smallest absolute Gasteiger partial charge is 0.434 e. The van der Waals surface area contributed by atoms with Crippen molar-refractivity contribution in [2.45, 2.75) is 90.0 Å². The zero-order chi connectivity index (χ0) is 21.5. The number of carbonyl (C=O) groups is 1. The molecule has 8 heteroatoms. The molecule has 4 aliphatic carbocycles. The lowest BCUT2D eigenvalue weighted by Gasteiger charge is -2.56. The van der Waals surface area contributed by atoms with E-state index in [0.29, 0.717) is 36.4 Å². The second-order valence-electron chi connectivity index (χ2n) is 11.4. The van der Waals surface area contributed by atoms with Gasteiger partial charge < -0.3 is 4.74 Å². The van der Waals surface area contributed by atoms with Crippen LogP contribution in [0.15, 0.2) is 0 Å². The molecule has 166 valence electrons. The van der Waals surface area contributed by atoms with Crippen molar-refractivity contribution >= 4 is 5.97 Å². The van der Waals surface area contributed by atoms with Crippen LogP contribution in [0.2, 0.25) is 0 Å². The normalized spacial score (nSPS) is 37.9. The topological polar surface area (TPSA) is 57.0 Å². The van der Waals surface area contributed by atoms with E-state index in [2.05, 4.69) is 31.0 Å². The van der Waals surface area contributed by atoms with E-state index in [1.54, 1.807) is 4.57 Å². The Morgan fingerprint density at radius 3 is 2.07 bits per heavy atom. The van der Waals surface area contributed by atoms with Crippen molar-refractivity contribution in [2.24, 2.45) is 29.1 Å². The van der Waals surface area contributed by atoms with Crippen LogP contribution in [0.25, 0.3) is 0 Å². The van der Waals surface area contributed by atoms with Gasteiger partial charge in [-0.1, -0.05) is 20.8 Å². The Morgan fingerprint density at radius 2 is 1.57 bits per heavy atom. The number of hydrogen-bond donors (Lipinski definition) is 0. The molecular weight excluding hydrogens is 395 g/mol. The fourth-order valence-electron chi connectivity index (χ4n) is 7.12. The van der Waals surface area contributed by atoms with Crippen molar-refractivity contribution in [3.8, 4) is 0 Å². The predicted molar refractivity (Wildman–Crippen MR) is 102 cm³/mol. The molecule has 1 aromatic rings. The highest BCUT2D eigenvalue weighted by atomic mass is 19.4. The maximum absolute atomic E-state index is 13.0. The third-order valence-corrected chi connectivity index (χ3v) is 8.18. The van der Waals surface area contributed by atoms with E-state index in [4.69, 9.17) is 4.74 Å². The Balaban J connectivity index is 1.54. The summed E-state index contributed by atoms with van der Waals surface area (Å²) in [5, 5.41) is 9.00. The third kappa shape index (κ3) is 3.25. The van der Waals surface area contributed by atoms with Crippen LogP contribution in [0.3, 0.4) is 0 Å². The first-order valence-corrected chi connectivity index (χ1v) is 11.2. The van der Waals surface area contributed by atoms with Crippen molar-refractivity contribution in [3.05, 3.63) is 11.6 Å². The summed E-state index contributed by atoms with van der Waals surface area (Å²) in [7, 11) is 0. The average Bonchev–Trinajstić information content (AvgIpc) is 3.04. The van der Waals surface area contributed by atoms with Gasteiger partial charge in [0.15, 0.2) is 6.23 Å². The Morgan fingerprint density at radius 1 is 1.00 bits per heavy atom. The molecule has 0 N–H and O–H groups in total. The summed E-state index contributed by atoms with van der Waals surface area (Å²) >= 11 is 0. The molecule has 5 aliphatic rings. The molecule has 2 unspecified atom stereocenters. The SMILES string of the molecule is CC(C)(C)C1Cc2nnc(C34CC5CC(CC(C5)C3)C4)n2C(OC(=O)C(F)(F)F)C1. The number of halogens is 3. The van der Waals surface area contributed by atoms with Gasteiger partial charge in [-0.25, -0.2) is 4.79 Å². The minimum Gasteiger partial charge on any atom is -0.434 e. The van der Waals surface area contributed by atoms with Gasteiger partial charge in [-0.2, -0.15) is 13.2 Å². The van der Waals surface area contributed by atoms with E-state index in [-0.39, 0.29) is 16.7 Å². The van der Waals surface area contributed by atoms with Gasteiger partial charge in [0.25, 0.3) is 0 Å². The highest BCUT2D eigenvalue weighted by Crippen LogP contribution is 2.61. The number of nitrogens with zero attached hydrogens (tertiary/aromatic N) is 3. The fraction of sp³-hybridized carbons (Fsp3) is 0.864. The number of carbonyl (C=O) groups excluding carboxylic acids is 1. The van der Waals surface area contributed by atoms with E-state index in [9.17, 15) is 18.0 Å². The molecule has 1 aliphatic heterocycles. The third-order valence-electron chi connectivity index (χ3n) is 8.18. The predicted octanol–water partition coefficient (Wildman–Crippen LogP) is 4.96. The minimum atomic E-state index is -5.01. The van der Waals surface area contributed by atoms with Gasteiger partial charge >= 0.3 is 12.1 Å². The van der Waals surface area contributed by atoms with Crippen LogP contribution in [-0.2, 0) is 21.4 Å². The second-order valence-corrected chi connectivity index (χ2v) is 11.4. The first-order chi connectivity index (χ1) is 13.9. The Hall–Kier alpha value is -1.60. The number of aromatic nitrogens is 3. The molecule has 0 spiro atoms. The van der Waals surface area contributed by atoms with Gasteiger partial charge in [0.1, 0.15) is 11.6 Å². The summed E-state index contributed by atoms with van der Waals surface area (Å²) in [5.41, 5.74) is -0.265. The van der Waals surface area contributed by atoms with Crippen molar-refractivity contribution in [1.29, 1.82) is 0 Å². The van der Waals surface area contributed by atoms with E-state index in [1.165, 1.54) is 19.3 Å². The summed E-state index contributed by atoms with van der Waals surface area (Å²) in [6, 6.07) is 0. The monoisotopic (exact) mass is 425 g/mol. The first kappa shape index (κ1) is 20.3. The van der Waals surface area contributed by atoms with Gasteiger partial charge in [0, 0.05) is 18.3 Å². The zero-order valence-electron chi connectivity index (χ0n) is 17.8. The number of ether oxygens (including phenoxy) is 1. The lowest BCUT2D eigenvalue weighted by atomic mass is 9.49. The summed E-state index contributed by atoms with van der Waals surface area (Å²) < 4.78 is 46.0. The molecule has 4 saturated carbocycles. The van der Waals surface area contributed by atoms with Crippen LogP contribution >= 0.6 is 0 Å². The standard InChI is InChI=1S/C22H30F3N3O2/c1-20(2,3)15-7-16-26-27-18(28(16)17(8-15)30-19(29)22(23,24)25)21-9-12-4-13(10-21)6-14(5-12)11-21/h12-15,17H,4-11H2,1-3H3. The van der Waals surface area contributed by atoms with Gasteiger partial charge in [0.05, 0.1) is 0 Å². The van der Waals surface area contributed by atoms with Gasteiger partial charge in [-0.3, -0.25) is 4.57 Å². The molecule has 4 fully saturated rings. The number of esters is 1. The number of rotatable bonds is 2. The fourth-order valence-corrected chi connectivity index (χ4v) is 7.12. The van der Waals surface area contributed by atoms with E-state index < -0.39 is 18.4 Å². The van der Waals surface area contributed by atoms with Crippen molar-refractivity contribution in [2.75, 3.05) is 0 Å². The molecule has 6 rings (SSSR count). The first-order valence-electron chi connectivity index (χ1n) is 11.2. The largest absolute Gasteiger partial charge is 0.491 e. The highest BCUT2D eigenvalue weighted by molar-refractivity contribution is 5.75. The molecule has 0 radical (unpaired) electrons. The molecule has 1 aromatic heterocycles. The van der Waals surface area contributed by atoms with Gasteiger partial charge in [0.2, 0.25) is 0 Å². The lowest BCUT2D eigenvalue weighted by molar-refractivity contribution is -0.212. The van der Waals surface area contributed by atoms with Crippen LogP contribution < -0.4 is 0 Å². The van der Waals surface area contributed by atoms with Gasteiger partial charge in [-0.15, -0.1) is 10.2 Å². The number of fused-ring (bicyclic) bond motifs is 1. The van der Waals surface area contributed by atoms with Gasteiger partial charge in [-0.05, 0) is 67.6 Å². The molecule has 0 aromatic carbocycles. The highest BCUT2D eigenvalue weighted by Gasteiger charge is 2.55. The van der Waals surface area contributed by atoms with Crippen LogP contribution in [0, 0.1) is 29.1 Å². The van der Waals surface area contributed by atoms with E-state index in [1.807, 2.05) is 0 Å². The molecule has 5 nitrogen and oxygen atoms in total. The quantitative estimate of drug-likeness (QED) is 0.629. The Bertz CT molecular complexity index is 820. The van der Waals surface area contributed by atoms with E-state index in [0.717, 1.165) is 25.1 Å². The van der Waals surface area contributed by atoms with Crippen LogP contribution in [0.5, 0.6) is 0 Å². The molecule has 0 amide bonds. The maximum atomic E-state index is 13.0. The summed E-state index contributed by atoms with van der Waals surface area (Å²) in [6.07, 6.45) is 1.86. The second kappa shape index (κ2) is 6.45. The molecule has 0 saturated heterocycles. The summed E-state index contributed by atoms with van der Waals surface area (Å²) in [6.45, 7) is 6.19. The molecular formula is C22H30F3N3O2. The van der Waals surface area contributed by atoms with Crippen LogP contribution in [0.1, 0.15) is 83.6 Å². The summed E-state index contributed by atoms with van der Waals surface area (Å²) in [4.78, 5) is 11.8. The minimum absolute atomic E-state index is 0.0597. The van der Waals surface area contributed by atoms with E-state index >= 15 is 0 Å². The van der Waals surface area contributed by atoms with Crippen LogP contribution in [-0.4, -0.2) is 26.9 Å². The summed E-state index contributed by atoms with van der Waals surface area (Å²) in [5.74, 6) is 1.38. The molecule has 30 heavy (non-hydrogen) atoms. The Kier molecular flexibility index (Phi) is 4.37. The maximum Gasteiger partial charge on any atom is 0.491 e. The van der Waals surface area contributed by atoms with Crippen molar-refractivity contribution < 1.29 is 22.7 Å². The zero-order valence-corrected chi connectivity index (χ0v) is 17.8. The Labute approximate surface area is 174 Å².